The van der Waals surface area contributed by atoms with Crippen molar-refractivity contribution in [2.24, 2.45) is 0 Å². The quantitative estimate of drug-likeness (QED) is 0.00462. The molecule has 0 fully saturated rings. The normalized spacial score (nSPS) is 16.8. The highest BCUT2D eigenvalue weighted by molar-refractivity contribution is 7.94. The number of carbonyl (C=O) groups excluding carboxylic acids is 2. The summed E-state index contributed by atoms with van der Waals surface area (Å²) in [6, 6.07) is 18.2. The summed E-state index contributed by atoms with van der Waals surface area (Å²) in [4.78, 5) is 29.8. The first-order chi connectivity index (χ1) is 37.9. The van der Waals surface area contributed by atoms with E-state index in [0.717, 1.165) is 86.3 Å². The Hall–Kier alpha value is -4.66. The molecule has 0 aliphatic carbocycles. The van der Waals surface area contributed by atoms with Crippen molar-refractivity contribution in [2.45, 2.75) is 138 Å². The van der Waals surface area contributed by atoms with Crippen LogP contribution in [0.25, 0.3) is 0 Å². The minimum Gasteiger partial charge on any atom is -0.370 e. The Morgan fingerprint density at radius 2 is 1.43 bits per heavy atom. The van der Waals surface area contributed by atoms with Crippen LogP contribution in [0.5, 0.6) is 0 Å². The van der Waals surface area contributed by atoms with E-state index in [9.17, 15) is 48.5 Å². The lowest BCUT2D eigenvalue weighted by Crippen LogP contribution is -2.30. The summed E-state index contributed by atoms with van der Waals surface area (Å²) < 4.78 is 108. The van der Waals surface area contributed by atoms with Gasteiger partial charge in [-0.2, -0.15) is 29.8 Å². The highest BCUT2D eigenvalue weighted by atomic mass is 35.5. The van der Waals surface area contributed by atoms with E-state index in [2.05, 4.69) is 56.1 Å². The molecule has 2 heterocycles. The van der Waals surface area contributed by atoms with Gasteiger partial charge in [0, 0.05) is 103 Å². The number of amides is 2. The monoisotopic (exact) mass is 1210 g/mol. The van der Waals surface area contributed by atoms with E-state index in [1.54, 1.807) is 24.3 Å². The molecule has 19 nitrogen and oxygen atoms in total. The molecule has 2 amide bonds. The number of hydrogen-bond acceptors (Lipinski definition) is 14. The predicted molar refractivity (Wildman–Crippen MR) is 315 cm³/mol. The van der Waals surface area contributed by atoms with E-state index in [1.165, 1.54) is 17.7 Å². The largest absolute Gasteiger partial charge is 0.370 e. The molecule has 1 atom stereocenters. The molecule has 24 heteroatoms. The lowest BCUT2D eigenvalue weighted by atomic mass is 9.77. The minimum absolute atomic E-state index is 0.0283. The van der Waals surface area contributed by atoms with Crippen LogP contribution < -0.4 is 20.4 Å². The van der Waals surface area contributed by atoms with Gasteiger partial charge in [-0.1, -0.05) is 55.2 Å². The molecule has 0 saturated heterocycles. The third-order valence-electron chi connectivity index (χ3n) is 14.4. The lowest BCUT2D eigenvalue weighted by molar-refractivity contribution is -0.437. The van der Waals surface area contributed by atoms with Crippen LogP contribution in [0.1, 0.15) is 128 Å². The van der Waals surface area contributed by atoms with Crippen LogP contribution in [0.3, 0.4) is 0 Å². The number of fused-ring (bicyclic) bond motifs is 2. The minimum atomic E-state index is -4.62. The van der Waals surface area contributed by atoms with E-state index < -0.39 is 52.7 Å². The smallest absolute Gasteiger partial charge is 0.294 e. The molecule has 0 aromatic heterocycles. The van der Waals surface area contributed by atoms with Crippen molar-refractivity contribution in [1.82, 2.24) is 10.6 Å². The van der Waals surface area contributed by atoms with Crippen molar-refractivity contribution in [2.75, 3.05) is 66.5 Å². The number of unbranched alkanes of at least 4 members (excludes halogenated alkanes) is 4. The van der Waals surface area contributed by atoms with Gasteiger partial charge in [-0.15, -0.1) is 15.9 Å². The van der Waals surface area contributed by atoms with Crippen LogP contribution in [0, 0.1) is 0 Å². The van der Waals surface area contributed by atoms with Crippen LogP contribution in [-0.2, 0) is 66.6 Å². The van der Waals surface area contributed by atoms with Gasteiger partial charge in [-0.05, 0) is 138 Å². The summed E-state index contributed by atoms with van der Waals surface area (Å²) in [7, 11) is -13.1. The van der Waals surface area contributed by atoms with Crippen LogP contribution in [0.15, 0.2) is 107 Å². The van der Waals surface area contributed by atoms with Gasteiger partial charge in [-0.25, -0.2) is 5.26 Å². The third kappa shape index (κ3) is 20.1. The second-order valence-corrected chi connectivity index (χ2v) is 26.5. The van der Waals surface area contributed by atoms with Crippen molar-refractivity contribution in [3.63, 3.8) is 0 Å². The van der Waals surface area contributed by atoms with Crippen molar-refractivity contribution in [3.8, 4) is 0 Å². The Morgan fingerprint density at radius 3 is 2.06 bits per heavy atom. The van der Waals surface area contributed by atoms with Gasteiger partial charge in [0.1, 0.15) is 6.54 Å². The maximum absolute atomic E-state index is 12.9. The Bertz CT molecular complexity index is 3040. The molecule has 0 spiro atoms. The summed E-state index contributed by atoms with van der Waals surface area (Å²) in [5.41, 5.74) is 5.27. The van der Waals surface area contributed by atoms with Gasteiger partial charge >= 0.3 is 0 Å². The van der Waals surface area contributed by atoms with Gasteiger partial charge in [-0.3, -0.25) is 23.2 Å². The molecule has 3 aromatic carbocycles. The number of aryl methyl sites for hydroxylation is 1. The molecular formula is C56H79ClN5O14S4+. The Balaban J connectivity index is 1.19. The number of halogens is 1. The first kappa shape index (κ1) is 66.1. The van der Waals surface area contributed by atoms with Crippen molar-refractivity contribution < 1.29 is 67.7 Å². The summed E-state index contributed by atoms with van der Waals surface area (Å²) in [5, 5.41) is 18.5. The number of alkyl halides is 1. The van der Waals surface area contributed by atoms with Gasteiger partial charge in [0.25, 0.3) is 30.4 Å². The van der Waals surface area contributed by atoms with Crippen molar-refractivity contribution in [1.29, 1.82) is 0 Å². The number of anilines is 2. The second-order valence-electron chi connectivity index (χ2n) is 20.8. The molecule has 80 heavy (non-hydrogen) atoms. The SMILES string of the molecule is CCCN(CCCl)c1ccc(CCCC(=O)NCCCCCNC(=O)CCCCCC2(C)/C(=C/C=C/C=C/C3=[N+](CCCS(=O)(=O)O)c4ccc(SOOO)cc4C3(C)C)N(CCCS(=O)(=O)O)c3ccc(S(=O)(=O)O)cc32)cc1. The van der Waals surface area contributed by atoms with E-state index in [-0.39, 0.29) is 42.6 Å². The molecule has 1 unspecified atom stereocenters. The van der Waals surface area contributed by atoms with Gasteiger partial charge in [0.15, 0.2) is 5.71 Å². The van der Waals surface area contributed by atoms with Crippen LogP contribution >= 0.6 is 23.6 Å². The molecule has 0 radical (unpaired) electrons. The molecule has 6 N–H and O–H groups in total. The van der Waals surface area contributed by atoms with Gasteiger partial charge in [0.2, 0.25) is 17.5 Å². The molecule has 3 aromatic rings. The van der Waals surface area contributed by atoms with Gasteiger partial charge in [0.05, 0.1) is 33.9 Å². The zero-order valence-electron chi connectivity index (χ0n) is 46.1. The number of hydrogen-bond donors (Lipinski definition) is 6. The summed E-state index contributed by atoms with van der Waals surface area (Å²) >= 11 is 6.79. The first-order valence-electron chi connectivity index (χ1n) is 27.1. The molecule has 0 bridgehead atoms. The van der Waals surface area contributed by atoms with Crippen LogP contribution in [0.4, 0.5) is 17.1 Å². The number of rotatable bonds is 36. The molecule has 442 valence electrons. The third-order valence-corrected chi connectivity index (χ3v) is 17.6. The fourth-order valence-electron chi connectivity index (χ4n) is 10.4. The van der Waals surface area contributed by atoms with Gasteiger partial charge < -0.3 is 20.4 Å². The number of allylic oxidation sites excluding steroid dienone is 6. The average molecular weight is 1210 g/mol. The lowest BCUT2D eigenvalue weighted by Gasteiger charge is -2.30. The standard InChI is InChI=1S/C56H78ClN5O14S4/c1-5-35-60(38-32-57)44-25-23-43(24-26-44)18-15-22-54(64)59-34-14-8-13-33-58-53(63)21-11-7-12-31-56(4)48-42-46(80(72,73)74)28-30-50(48)62(37-17-40-79(69,70)71)52(56)20-10-6-9-19-51-55(2,3)47-41-45(77-76-75-65)27-29-49(47)61(51)36-16-39-78(66,67)68/h6,9-10,19-20,23-30,41-42H,5,7-8,11-18,21-22,31-40H2,1-4H3,(H5-,58,59,63,64,65,66,67,68,69,70,71,72,73,74)/p+1. The number of benzene rings is 3. The molecular weight excluding hydrogens is 1130 g/mol. The number of carbonyl (C=O) groups is 2. The second kappa shape index (κ2) is 31.1. The Morgan fingerprint density at radius 1 is 0.762 bits per heavy atom. The first-order valence-corrected chi connectivity index (χ1v) is 33.1. The average Bonchev–Trinajstić information content (AvgIpc) is 3.76. The Kier molecular flexibility index (Phi) is 25.7. The molecule has 0 saturated carbocycles. The summed E-state index contributed by atoms with van der Waals surface area (Å²) in [5.74, 6) is -0.428. The van der Waals surface area contributed by atoms with Crippen LogP contribution in [-0.4, -0.2) is 123 Å². The van der Waals surface area contributed by atoms with E-state index in [4.69, 9.17) is 16.9 Å². The maximum atomic E-state index is 12.9. The predicted octanol–water partition coefficient (Wildman–Crippen LogP) is 9.90. The molecule has 2 aliphatic rings. The van der Waals surface area contributed by atoms with E-state index in [1.807, 2.05) is 60.6 Å². The summed E-state index contributed by atoms with van der Waals surface area (Å²) in [6.45, 7) is 11.3. The number of nitrogens with one attached hydrogen (secondary N) is 2. The molecule has 5 rings (SSSR count). The number of nitrogens with zero attached hydrogens (tertiary/aromatic N) is 3. The fraction of sp³-hybridized carbons (Fsp3) is 0.518. The van der Waals surface area contributed by atoms with Crippen molar-refractivity contribution in [3.05, 3.63) is 113 Å². The van der Waals surface area contributed by atoms with E-state index in [0.29, 0.717) is 79.3 Å². The van der Waals surface area contributed by atoms with Crippen molar-refractivity contribution >= 4 is 88.6 Å². The summed E-state index contributed by atoms with van der Waals surface area (Å²) in [6.07, 6.45) is 17.4. The fourth-order valence-corrected chi connectivity index (χ4v) is 12.5. The topological polar surface area (TPSA) is 269 Å². The highest BCUT2D eigenvalue weighted by Crippen LogP contribution is 2.51. The van der Waals surface area contributed by atoms with Crippen LogP contribution in [0.2, 0.25) is 0 Å². The highest BCUT2D eigenvalue weighted by Gasteiger charge is 2.45. The van der Waals surface area contributed by atoms with E-state index >= 15 is 0 Å². The Labute approximate surface area is 482 Å². The maximum Gasteiger partial charge on any atom is 0.294 e. The zero-order valence-corrected chi connectivity index (χ0v) is 50.2. The molecule has 2 aliphatic heterocycles. The zero-order chi connectivity index (χ0) is 58.6.